The highest BCUT2D eigenvalue weighted by atomic mass is 19.4. The average Bonchev–Trinajstić information content (AvgIpc) is 2.62. The van der Waals surface area contributed by atoms with Crippen LogP contribution in [0.2, 0.25) is 0 Å². The van der Waals surface area contributed by atoms with E-state index < -0.39 is 23.7 Å². The van der Waals surface area contributed by atoms with Gasteiger partial charge in [0.15, 0.2) is 0 Å². The number of ether oxygens (including phenoxy) is 1. The molecule has 0 heterocycles. The summed E-state index contributed by atoms with van der Waals surface area (Å²) in [5.74, 6) is -2.72. The van der Waals surface area contributed by atoms with Gasteiger partial charge in [0.2, 0.25) is 0 Å². The molecule has 2 aromatic carbocycles. The molecule has 0 aromatic heterocycles. The normalized spacial score (nSPS) is 13.4. The Morgan fingerprint density at radius 1 is 1.00 bits per heavy atom. The maximum Gasteiger partial charge on any atom is 0.441 e. The predicted molar refractivity (Wildman–Crippen MR) is 94.1 cm³/mol. The Hall–Kier alpha value is -3.03. The van der Waals surface area contributed by atoms with E-state index in [0.29, 0.717) is 5.56 Å². The fourth-order valence-electron chi connectivity index (χ4n) is 2.38. The highest BCUT2D eigenvalue weighted by Gasteiger charge is 2.63. The molecule has 0 spiro atoms. The van der Waals surface area contributed by atoms with Crippen LogP contribution in [0.25, 0.3) is 0 Å². The minimum atomic E-state index is -5.17. The Morgan fingerprint density at radius 2 is 1.59 bits per heavy atom. The number of benzene rings is 2. The average molecular weight is 380 g/mol. The Balaban J connectivity index is 2.52. The van der Waals surface area contributed by atoms with E-state index in [0.717, 1.165) is 0 Å². The van der Waals surface area contributed by atoms with Crippen molar-refractivity contribution in [3.05, 3.63) is 65.7 Å². The third-order valence-corrected chi connectivity index (χ3v) is 3.81. The van der Waals surface area contributed by atoms with Crippen molar-refractivity contribution < 1.29 is 27.5 Å². The van der Waals surface area contributed by atoms with Crippen molar-refractivity contribution in [1.82, 2.24) is 5.32 Å². The Labute approximate surface area is 154 Å². The third kappa shape index (κ3) is 4.39. The fourth-order valence-corrected chi connectivity index (χ4v) is 2.38. The van der Waals surface area contributed by atoms with Crippen LogP contribution in [0.3, 0.4) is 0 Å². The van der Waals surface area contributed by atoms with Gasteiger partial charge in [-0.25, -0.2) is 4.79 Å². The van der Waals surface area contributed by atoms with E-state index >= 15 is 0 Å². The van der Waals surface area contributed by atoms with E-state index in [1.807, 2.05) is 0 Å². The minimum Gasteiger partial charge on any atom is -0.463 e. The zero-order valence-corrected chi connectivity index (χ0v) is 14.8. The lowest BCUT2D eigenvalue weighted by Crippen LogP contribution is -2.69. The number of anilines is 1. The van der Waals surface area contributed by atoms with Crippen molar-refractivity contribution in [3.63, 3.8) is 0 Å². The molecule has 0 aliphatic rings. The molecule has 2 rings (SSSR count). The van der Waals surface area contributed by atoms with Gasteiger partial charge in [-0.2, -0.15) is 13.2 Å². The standard InChI is InChI=1S/C19H19F3N2O3/c1-3-27-17(26)18(19(20,21)22,23-15-12-8-7-9-13(15)2)24-16(25)14-10-5-4-6-11-14/h4-12,23H,3H2,1-2H3,(H,24,25)/t18-/m0/s1. The van der Waals surface area contributed by atoms with Gasteiger partial charge in [-0.3, -0.25) is 4.79 Å². The number of carbonyl (C=O) groups excluding carboxylic acids is 2. The molecule has 0 radical (unpaired) electrons. The van der Waals surface area contributed by atoms with Crippen molar-refractivity contribution in [2.24, 2.45) is 0 Å². The van der Waals surface area contributed by atoms with Gasteiger partial charge in [-0.15, -0.1) is 0 Å². The summed E-state index contributed by atoms with van der Waals surface area (Å²) in [6.45, 7) is 2.67. The number of para-hydroxylation sites is 1. The molecule has 27 heavy (non-hydrogen) atoms. The molecular weight excluding hydrogens is 361 g/mol. The number of rotatable bonds is 6. The second kappa shape index (κ2) is 8.11. The largest absolute Gasteiger partial charge is 0.463 e. The van der Waals surface area contributed by atoms with Crippen LogP contribution in [0.5, 0.6) is 0 Å². The van der Waals surface area contributed by atoms with Gasteiger partial charge >= 0.3 is 17.8 Å². The minimum absolute atomic E-state index is 0.0259. The number of esters is 1. The molecule has 5 nitrogen and oxygen atoms in total. The number of nitrogens with one attached hydrogen (secondary N) is 2. The second-order valence-corrected chi connectivity index (χ2v) is 5.73. The Kier molecular flexibility index (Phi) is 6.09. The van der Waals surface area contributed by atoms with Crippen LogP contribution in [-0.4, -0.2) is 30.3 Å². The first-order valence-corrected chi connectivity index (χ1v) is 8.16. The number of halogens is 3. The molecular formula is C19H19F3N2O3. The molecule has 0 unspecified atom stereocenters. The number of hydrogen-bond donors (Lipinski definition) is 2. The highest BCUT2D eigenvalue weighted by molar-refractivity contribution is 5.99. The van der Waals surface area contributed by atoms with E-state index in [1.165, 1.54) is 43.3 Å². The molecule has 0 fully saturated rings. The summed E-state index contributed by atoms with van der Waals surface area (Å²) in [6, 6.07) is 13.4. The summed E-state index contributed by atoms with van der Waals surface area (Å²) in [7, 11) is 0. The first-order chi connectivity index (χ1) is 12.7. The van der Waals surface area contributed by atoms with Gasteiger partial charge in [0.05, 0.1) is 6.61 Å². The summed E-state index contributed by atoms with van der Waals surface area (Å²) in [5.41, 5.74) is -2.97. The summed E-state index contributed by atoms with van der Waals surface area (Å²) < 4.78 is 46.8. The quantitative estimate of drug-likeness (QED) is 0.593. The van der Waals surface area contributed by atoms with Gasteiger partial charge in [-0.05, 0) is 37.6 Å². The molecule has 0 aliphatic carbocycles. The molecule has 8 heteroatoms. The van der Waals surface area contributed by atoms with Crippen LogP contribution in [0, 0.1) is 6.92 Å². The molecule has 0 aliphatic heterocycles. The van der Waals surface area contributed by atoms with Crippen molar-refractivity contribution in [2.45, 2.75) is 25.7 Å². The number of hydrogen-bond acceptors (Lipinski definition) is 4. The van der Waals surface area contributed by atoms with Gasteiger partial charge < -0.3 is 15.4 Å². The SMILES string of the molecule is CCOC(=O)[C@@](NC(=O)c1ccccc1)(Nc1ccccc1C)C(F)(F)F. The van der Waals surface area contributed by atoms with E-state index in [2.05, 4.69) is 10.1 Å². The number of aryl methyl sites for hydroxylation is 1. The van der Waals surface area contributed by atoms with Gasteiger partial charge in [0.1, 0.15) is 0 Å². The molecule has 144 valence electrons. The highest BCUT2D eigenvalue weighted by Crippen LogP contribution is 2.34. The van der Waals surface area contributed by atoms with Crippen LogP contribution in [0.4, 0.5) is 18.9 Å². The van der Waals surface area contributed by atoms with Crippen LogP contribution < -0.4 is 10.6 Å². The monoisotopic (exact) mass is 380 g/mol. The summed E-state index contributed by atoms with van der Waals surface area (Å²) >= 11 is 0. The lowest BCUT2D eigenvalue weighted by Gasteiger charge is -2.35. The molecule has 0 bridgehead atoms. The van der Waals surface area contributed by atoms with Crippen molar-refractivity contribution in [3.8, 4) is 0 Å². The Morgan fingerprint density at radius 3 is 2.15 bits per heavy atom. The zero-order valence-electron chi connectivity index (χ0n) is 14.8. The molecule has 2 aromatic rings. The van der Waals surface area contributed by atoms with Gasteiger partial charge in [0, 0.05) is 11.3 Å². The molecule has 1 atom stereocenters. The Bertz CT molecular complexity index is 809. The molecule has 1 amide bonds. The van der Waals surface area contributed by atoms with E-state index in [9.17, 15) is 22.8 Å². The van der Waals surface area contributed by atoms with E-state index in [1.54, 1.807) is 30.4 Å². The fraction of sp³-hybridized carbons (Fsp3) is 0.263. The molecule has 2 N–H and O–H groups in total. The molecule has 0 saturated heterocycles. The van der Waals surface area contributed by atoms with Gasteiger partial charge in [-0.1, -0.05) is 36.4 Å². The lowest BCUT2D eigenvalue weighted by atomic mass is 10.1. The smallest absolute Gasteiger partial charge is 0.441 e. The molecule has 0 saturated carbocycles. The van der Waals surface area contributed by atoms with Gasteiger partial charge in [0.25, 0.3) is 5.91 Å². The summed E-state index contributed by atoms with van der Waals surface area (Å²) in [4.78, 5) is 24.8. The van der Waals surface area contributed by atoms with E-state index in [4.69, 9.17) is 0 Å². The maximum absolute atomic E-state index is 14.1. The number of carbonyl (C=O) groups is 2. The lowest BCUT2D eigenvalue weighted by molar-refractivity contribution is -0.204. The number of alkyl halides is 3. The van der Waals surface area contributed by atoms with Crippen LogP contribution in [0.1, 0.15) is 22.8 Å². The van der Waals surface area contributed by atoms with Crippen molar-refractivity contribution in [1.29, 1.82) is 0 Å². The van der Waals surface area contributed by atoms with Crippen molar-refractivity contribution in [2.75, 3.05) is 11.9 Å². The summed E-state index contributed by atoms with van der Waals surface area (Å²) in [5, 5.41) is 3.95. The first-order valence-electron chi connectivity index (χ1n) is 8.16. The maximum atomic E-state index is 14.1. The second-order valence-electron chi connectivity index (χ2n) is 5.73. The van der Waals surface area contributed by atoms with Crippen LogP contribution in [0.15, 0.2) is 54.6 Å². The van der Waals surface area contributed by atoms with E-state index in [-0.39, 0.29) is 17.9 Å². The van der Waals surface area contributed by atoms with Crippen LogP contribution >= 0.6 is 0 Å². The van der Waals surface area contributed by atoms with Crippen LogP contribution in [-0.2, 0) is 9.53 Å². The zero-order chi connectivity index (χ0) is 20.1. The first kappa shape index (κ1) is 20.3. The number of amides is 1. The van der Waals surface area contributed by atoms with Crippen molar-refractivity contribution >= 4 is 17.6 Å². The summed E-state index contributed by atoms with van der Waals surface area (Å²) in [6.07, 6.45) is -5.17. The predicted octanol–water partition coefficient (Wildman–Crippen LogP) is 3.66. The third-order valence-electron chi connectivity index (χ3n) is 3.81. The topological polar surface area (TPSA) is 67.4 Å².